The Morgan fingerprint density at radius 3 is 1.80 bits per heavy atom. The Morgan fingerprint density at radius 1 is 0.800 bits per heavy atom. The fraction of sp³-hybridized carbons (Fsp3) is 0.125. The van der Waals surface area contributed by atoms with Gasteiger partial charge in [-0.1, -0.05) is 19.2 Å². The predicted molar refractivity (Wildman–Crippen MR) is 80.5 cm³/mol. The van der Waals surface area contributed by atoms with Gasteiger partial charge in [0, 0.05) is 9.52 Å². The summed E-state index contributed by atoms with van der Waals surface area (Å²) in [6, 6.07) is 24.7. The number of hydrogen-bond acceptors (Lipinski definition) is 0. The van der Waals surface area contributed by atoms with E-state index in [1.165, 1.54) is 10.8 Å². The molecule has 3 aromatic carbocycles. The standard InChI is InChI=1S/C9H7.C5H5.C2H7Si.2BrH.Zr/c1-2-5-9-7-3-6-8(9)4-1;1-2-4-5-3-1;1-3-2;;;/h1-7H;1-5H;3H,1-2H3;2*1H;/q2*-1;;;;+4/p-2. The van der Waals surface area contributed by atoms with E-state index in [0.29, 0.717) is 0 Å². The Kier molecular flexibility index (Phi) is 21.8. The van der Waals surface area contributed by atoms with Gasteiger partial charge in [0.15, 0.2) is 0 Å². The Morgan fingerprint density at radius 2 is 1.35 bits per heavy atom. The van der Waals surface area contributed by atoms with Crippen LogP contribution in [0, 0.1) is 0 Å². The topological polar surface area (TPSA) is 0 Å². The largest absolute Gasteiger partial charge is 4.00 e. The van der Waals surface area contributed by atoms with E-state index in [0.717, 1.165) is 9.52 Å². The van der Waals surface area contributed by atoms with Crippen LogP contribution in [0.1, 0.15) is 0 Å². The van der Waals surface area contributed by atoms with Crippen LogP contribution in [-0.4, -0.2) is 9.52 Å². The van der Waals surface area contributed by atoms with E-state index >= 15 is 0 Å². The summed E-state index contributed by atoms with van der Waals surface area (Å²) in [5.74, 6) is 0. The minimum Gasteiger partial charge on any atom is -1.00 e. The summed E-state index contributed by atoms with van der Waals surface area (Å²) in [6.07, 6.45) is 0. The zero-order valence-electron chi connectivity index (χ0n) is 11.8. The van der Waals surface area contributed by atoms with Crippen molar-refractivity contribution in [2.75, 3.05) is 0 Å². The average Bonchev–Trinajstić information content (AvgIpc) is 3.05. The van der Waals surface area contributed by atoms with Crippen molar-refractivity contribution in [2.45, 2.75) is 13.1 Å². The molecule has 3 rings (SSSR count). The van der Waals surface area contributed by atoms with Gasteiger partial charge in [-0.3, -0.25) is 0 Å². The van der Waals surface area contributed by atoms with Crippen molar-refractivity contribution < 1.29 is 60.2 Å². The molecule has 0 saturated carbocycles. The molecular formula is C16H19Br2SiZr. The number of hydrogen-bond donors (Lipinski definition) is 0. The van der Waals surface area contributed by atoms with E-state index in [2.05, 4.69) is 55.6 Å². The molecular weight excluding hydrogens is 471 g/mol. The van der Waals surface area contributed by atoms with Gasteiger partial charge in [0.25, 0.3) is 0 Å². The first kappa shape index (κ1) is 25.2. The summed E-state index contributed by atoms with van der Waals surface area (Å²) in [6.45, 7) is 4.42. The third-order valence-electron chi connectivity index (χ3n) is 2.10. The second-order valence-electron chi connectivity index (χ2n) is 3.69. The van der Waals surface area contributed by atoms with Crippen LogP contribution in [-0.2, 0) is 26.2 Å². The number of halogens is 2. The normalized spacial score (nSPS) is 7.50. The molecule has 105 valence electrons. The first-order valence-corrected chi connectivity index (χ1v) is 8.20. The number of benzene rings is 1. The summed E-state index contributed by atoms with van der Waals surface area (Å²) in [5.41, 5.74) is 0. The van der Waals surface area contributed by atoms with Crippen molar-refractivity contribution in [1.29, 1.82) is 0 Å². The van der Waals surface area contributed by atoms with E-state index in [1.54, 1.807) is 0 Å². The third-order valence-corrected chi connectivity index (χ3v) is 2.10. The number of rotatable bonds is 0. The van der Waals surface area contributed by atoms with Crippen molar-refractivity contribution >= 4 is 20.3 Å². The van der Waals surface area contributed by atoms with Gasteiger partial charge < -0.3 is 34.0 Å². The molecule has 3 aromatic rings. The molecule has 0 bridgehead atoms. The molecule has 0 aromatic heterocycles. The quantitative estimate of drug-likeness (QED) is 0.266. The van der Waals surface area contributed by atoms with Gasteiger partial charge in [0.05, 0.1) is 0 Å². The van der Waals surface area contributed by atoms with Crippen molar-refractivity contribution in [2.24, 2.45) is 0 Å². The van der Waals surface area contributed by atoms with E-state index in [1.807, 2.05) is 30.3 Å². The Labute approximate surface area is 165 Å². The van der Waals surface area contributed by atoms with Crippen molar-refractivity contribution in [3.63, 3.8) is 0 Å². The third kappa shape index (κ3) is 11.0. The molecule has 0 heterocycles. The first-order chi connectivity index (χ1) is 8.38. The molecule has 0 spiro atoms. The van der Waals surface area contributed by atoms with Gasteiger partial charge in [-0.2, -0.15) is 35.7 Å². The molecule has 4 heteroatoms. The van der Waals surface area contributed by atoms with Crippen LogP contribution in [0.5, 0.6) is 0 Å². The zero-order chi connectivity index (χ0) is 12.3. The molecule has 0 N–H and O–H groups in total. The minimum absolute atomic E-state index is 0. The summed E-state index contributed by atoms with van der Waals surface area (Å²) in [7, 11) is 0.750. The molecule has 0 nitrogen and oxygen atoms in total. The fourth-order valence-electron chi connectivity index (χ4n) is 1.39. The SMILES string of the molecule is C[SiH]C.[Br-].[Br-].[Zr+4].c1cc[cH-]c1.c1ccc2[cH-]ccc2c1. The Hall–Kier alpha value is 0.240. The van der Waals surface area contributed by atoms with Crippen molar-refractivity contribution in [3.8, 4) is 0 Å². The van der Waals surface area contributed by atoms with Crippen molar-refractivity contribution in [3.05, 3.63) is 72.8 Å². The van der Waals surface area contributed by atoms with E-state index < -0.39 is 0 Å². The number of fused-ring (bicyclic) bond motifs is 1. The minimum atomic E-state index is 0. The van der Waals surface area contributed by atoms with E-state index in [4.69, 9.17) is 0 Å². The second-order valence-corrected chi connectivity index (χ2v) is 4.85. The predicted octanol–water partition coefficient (Wildman–Crippen LogP) is -1.51. The molecule has 0 aliphatic rings. The second kappa shape index (κ2) is 17.3. The maximum Gasteiger partial charge on any atom is 4.00 e. The molecule has 0 atom stereocenters. The smallest absolute Gasteiger partial charge is 1.00 e. The molecule has 0 unspecified atom stereocenters. The molecule has 0 amide bonds. The molecule has 0 aliphatic carbocycles. The maximum absolute atomic E-state index is 2.21. The van der Waals surface area contributed by atoms with Gasteiger partial charge in [0.2, 0.25) is 0 Å². The van der Waals surface area contributed by atoms with Crippen LogP contribution in [0.4, 0.5) is 0 Å². The van der Waals surface area contributed by atoms with E-state index in [9.17, 15) is 0 Å². The summed E-state index contributed by atoms with van der Waals surface area (Å²) < 4.78 is 0. The molecule has 0 fully saturated rings. The van der Waals surface area contributed by atoms with Crippen LogP contribution in [0.2, 0.25) is 13.1 Å². The summed E-state index contributed by atoms with van der Waals surface area (Å²) in [4.78, 5) is 0. The monoisotopic (exact) mass is 487 g/mol. The summed E-state index contributed by atoms with van der Waals surface area (Å²) in [5, 5.41) is 2.66. The van der Waals surface area contributed by atoms with Crippen LogP contribution in [0.15, 0.2) is 72.8 Å². The first-order valence-electron chi connectivity index (χ1n) is 5.89. The molecule has 1 radical (unpaired) electrons. The average molecular weight is 490 g/mol. The van der Waals surface area contributed by atoms with Gasteiger partial charge in [-0.05, 0) is 0 Å². The van der Waals surface area contributed by atoms with Gasteiger partial charge in [-0.15, -0.1) is 29.7 Å². The Balaban J connectivity index is -0.000000231. The van der Waals surface area contributed by atoms with Gasteiger partial charge in [-0.25, -0.2) is 12.1 Å². The molecule has 20 heavy (non-hydrogen) atoms. The summed E-state index contributed by atoms with van der Waals surface area (Å²) >= 11 is 0. The van der Waals surface area contributed by atoms with E-state index in [-0.39, 0.29) is 60.2 Å². The van der Waals surface area contributed by atoms with Crippen LogP contribution in [0.3, 0.4) is 0 Å². The maximum atomic E-state index is 2.21. The van der Waals surface area contributed by atoms with Crippen LogP contribution >= 0.6 is 0 Å². The van der Waals surface area contributed by atoms with Gasteiger partial charge in [0.1, 0.15) is 0 Å². The van der Waals surface area contributed by atoms with Crippen LogP contribution < -0.4 is 34.0 Å². The van der Waals surface area contributed by atoms with Crippen molar-refractivity contribution in [1.82, 2.24) is 0 Å². The van der Waals surface area contributed by atoms with Crippen LogP contribution in [0.25, 0.3) is 10.8 Å². The Bertz CT molecular complexity index is 444. The zero-order valence-corrected chi connectivity index (χ0v) is 18.5. The van der Waals surface area contributed by atoms with Gasteiger partial charge >= 0.3 is 26.2 Å². The molecule has 0 saturated heterocycles. The fourth-order valence-corrected chi connectivity index (χ4v) is 1.39. The molecule has 0 aliphatic heterocycles.